The van der Waals surface area contributed by atoms with Gasteiger partial charge in [-0.2, -0.15) is 13.2 Å². The first-order valence-electron chi connectivity index (χ1n) is 4.10. The Labute approximate surface area is 85.5 Å². The zero-order valence-electron chi connectivity index (χ0n) is 7.54. The van der Waals surface area contributed by atoms with E-state index in [1.165, 1.54) is 6.07 Å². The zero-order chi connectivity index (χ0) is 11.9. The number of halogens is 5. The maximum Gasteiger partial charge on any atom is 0.433 e. The SMILES string of the molecule is FC(F)c1nc2cccc(C(F)(F)F)n2n1. The molecule has 86 valence electrons. The molecule has 0 aliphatic rings. The molecule has 8 heteroatoms. The van der Waals surface area contributed by atoms with E-state index < -0.39 is 24.1 Å². The molecule has 0 bridgehead atoms. The molecule has 0 radical (unpaired) electrons. The summed E-state index contributed by atoms with van der Waals surface area (Å²) < 4.78 is 62.1. The number of pyridine rings is 1. The van der Waals surface area contributed by atoms with Gasteiger partial charge in [-0.25, -0.2) is 18.3 Å². The molecule has 0 spiro atoms. The zero-order valence-corrected chi connectivity index (χ0v) is 7.54. The molecule has 2 heterocycles. The number of nitrogens with zero attached hydrogens (tertiary/aromatic N) is 3. The highest BCUT2D eigenvalue weighted by Crippen LogP contribution is 2.29. The Bertz CT molecular complexity index is 516. The van der Waals surface area contributed by atoms with Crippen molar-refractivity contribution in [2.45, 2.75) is 12.6 Å². The number of hydrogen-bond acceptors (Lipinski definition) is 2. The molecule has 0 aliphatic carbocycles. The minimum Gasteiger partial charge on any atom is -0.208 e. The minimum atomic E-state index is -4.66. The van der Waals surface area contributed by atoms with Crippen molar-refractivity contribution >= 4 is 5.65 Å². The van der Waals surface area contributed by atoms with Gasteiger partial charge in [0.1, 0.15) is 5.69 Å². The predicted molar refractivity (Wildman–Crippen MR) is 42.9 cm³/mol. The molecule has 0 aliphatic heterocycles. The lowest BCUT2D eigenvalue weighted by molar-refractivity contribution is -0.142. The largest absolute Gasteiger partial charge is 0.433 e. The van der Waals surface area contributed by atoms with E-state index in [1.54, 1.807) is 0 Å². The van der Waals surface area contributed by atoms with Gasteiger partial charge in [-0.15, -0.1) is 5.10 Å². The highest BCUT2D eigenvalue weighted by molar-refractivity contribution is 5.39. The molecule has 0 saturated heterocycles. The molecule has 3 nitrogen and oxygen atoms in total. The summed E-state index contributed by atoms with van der Waals surface area (Å²) in [6, 6.07) is 3.01. The van der Waals surface area contributed by atoms with E-state index in [2.05, 4.69) is 10.1 Å². The van der Waals surface area contributed by atoms with Crippen molar-refractivity contribution in [3.63, 3.8) is 0 Å². The van der Waals surface area contributed by atoms with E-state index in [4.69, 9.17) is 0 Å². The van der Waals surface area contributed by atoms with E-state index in [1.807, 2.05) is 0 Å². The molecule has 0 unspecified atom stereocenters. The first kappa shape index (κ1) is 10.8. The third kappa shape index (κ3) is 1.70. The second-order valence-corrected chi connectivity index (χ2v) is 2.95. The molecule has 0 N–H and O–H groups in total. The highest BCUT2D eigenvalue weighted by atomic mass is 19.4. The molecule has 2 rings (SSSR count). The summed E-state index contributed by atoms with van der Waals surface area (Å²) in [5, 5.41) is 3.11. The molecule has 0 fully saturated rings. The summed E-state index contributed by atoms with van der Waals surface area (Å²) >= 11 is 0. The van der Waals surface area contributed by atoms with Gasteiger partial charge in [0.05, 0.1) is 0 Å². The lowest BCUT2D eigenvalue weighted by Gasteiger charge is -2.06. The first-order chi connectivity index (χ1) is 7.39. The third-order valence-electron chi connectivity index (χ3n) is 1.86. The van der Waals surface area contributed by atoms with Crippen LogP contribution in [0.1, 0.15) is 17.9 Å². The highest BCUT2D eigenvalue weighted by Gasteiger charge is 2.34. The van der Waals surface area contributed by atoms with Gasteiger partial charge in [0.25, 0.3) is 6.43 Å². The van der Waals surface area contributed by atoms with Crippen LogP contribution in [0.4, 0.5) is 22.0 Å². The topological polar surface area (TPSA) is 30.2 Å². The Morgan fingerprint density at radius 3 is 2.44 bits per heavy atom. The Balaban J connectivity index is 2.68. The van der Waals surface area contributed by atoms with Crippen LogP contribution in [0.5, 0.6) is 0 Å². The van der Waals surface area contributed by atoms with Gasteiger partial charge in [0, 0.05) is 0 Å². The van der Waals surface area contributed by atoms with Crippen molar-refractivity contribution in [3.8, 4) is 0 Å². The summed E-state index contributed by atoms with van der Waals surface area (Å²) in [6.45, 7) is 0. The lowest BCUT2D eigenvalue weighted by atomic mass is 10.3. The van der Waals surface area contributed by atoms with Crippen LogP contribution < -0.4 is 0 Å². The van der Waals surface area contributed by atoms with Crippen LogP contribution in [-0.2, 0) is 6.18 Å². The minimum absolute atomic E-state index is 0.259. The fourth-order valence-electron chi connectivity index (χ4n) is 1.23. The summed E-state index contributed by atoms with van der Waals surface area (Å²) in [7, 11) is 0. The van der Waals surface area contributed by atoms with Gasteiger partial charge in [0.2, 0.25) is 5.82 Å². The maximum absolute atomic E-state index is 12.5. The average Bonchev–Trinajstić information content (AvgIpc) is 2.58. The van der Waals surface area contributed by atoms with Crippen molar-refractivity contribution in [3.05, 3.63) is 29.7 Å². The Morgan fingerprint density at radius 1 is 1.19 bits per heavy atom. The molecular formula is C8H4F5N3. The van der Waals surface area contributed by atoms with Crippen LogP contribution in [0.15, 0.2) is 18.2 Å². The molecule has 0 atom stereocenters. The van der Waals surface area contributed by atoms with E-state index in [0.717, 1.165) is 12.1 Å². The van der Waals surface area contributed by atoms with Gasteiger partial charge in [-0.1, -0.05) is 6.07 Å². The van der Waals surface area contributed by atoms with Crippen molar-refractivity contribution in [1.82, 2.24) is 14.6 Å². The van der Waals surface area contributed by atoms with Crippen LogP contribution in [0, 0.1) is 0 Å². The fourth-order valence-corrected chi connectivity index (χ4v) is 1.23. The van der Waals surface area contributed by atoms with Gasteiger partial charge < -0.3 is 0 Å². The van der Waals surface area contributed by atoms with Gasteiger partial charge in [-0.05, 0) is 12.1 Å². The molecular weight excluding hydrogens is 233 g/mol. The summed E-state index contributed by atoms with van der Waals surface area (Å²) in [6.07, 6.45) is -7.66. The second kappa shape index (κ2) is 3.39. The van der Waals surface area contributed by atoms with Gasteiger partial charge in [-0.3, -0.25) is 0 Å². The second-order valence-electron chi connectivity index (χ2n) is 2.95. The summed E-state index contributed by atoms with van der Waals surface area (Å²) in [5.41, 5.74) is -1.39. The number of fused-ring (bicyclic) bond motifs is 1. The van der Waals surface area contributed by atoms with Gasteiger partial charge in [0.15, 0.2) is 5.65 Å². The average molecular weight is 237 g/mol. The van der Waals surface area contributed by atoms with E-state index in [0.29, 0.717) is 4.52 Å². The Morgan fingerprint density at radius 2 is 1.88 bits per heavy atom. The van der Waals surface area contributed by atoms with Crippen molar-refractivity contribution in [1.29, 1.82) is 0 Å². The van der Waals surface area contributed by atoms with Crippen LogP contribution >= 0.6 is 0 Å². The quantitative estimate of drug-likeness (QED) is 0.714. The van der Waals surface area contributed by atoms with E-state index in [-0.39, 0.29) is 5.65 Å². The number of rotatable bonds is 1. The first-order valence-corrected chi connectivity index (χ1v) is 4.10. The Kier molecular flexibility index (Phi) is 2.28. The number of aromatic nitrogens is 3. The van der Waals surface area contributed by atoms with Crippen molar-refractivity contribution < 1.29 is 22.0 Å². The predicted octanol–water partition coefficient (Wildman–Crippen LogP) is 2.69. The Hall–Kier alpha value is -1.73. The smallest absolute Gasteiger partial charge is 0.208 e. The van der Waals surface area contributed by atoms with E-state index >= 15 is 0 Å². The molecule has 2 aromatic heterocycles. The van der Waals surface area contributed by atoms with Crippen LogP contribution in [0.3, 0.4) is 0 Å². The molecule has 0 saturated carbocycles. The van der Waals surface area contributed by atoms with Crippen molar-refractivity contribution in [2.75, 3.05) is 0 Å². The monoisotopic (exact) mass is 237 g/mol. The normalized spacial score (nSPS) is 12.6. The van der Waals surface area contributed by atoms with Crippen molar-refractivity contribution in [2.24, 2.45) is 0 Å². The fraction of sp³-hybridized carbons (Fsp3) is 0.250. The summed E-state index contributed by atoms with van der Waals surface area (Å²) in [4.78, 5) is 3.29. The van der Waals surface area contributed by atoms with Crippen LogP contribution in [0.2, 0.25) is 0 Å². The van der Waals surface area contributed by atoms with Gasteiger partial charge >= 0.3 is 6.18 Å². The van der Waals surface area contributed by atoms with Crippen LogP contribution in [0.25, 0.3) is 5.65 Å². The summed E-state index contributed by atoms with van der Waals surface area (Å²) in [5.74, 6) is -0.920. The van der Waals surface area contributed by atoms with E-state index in [9.17, 15) is 22.0 Å². The number of hydrogen-bond donors (Lipinski definition) is 0. The molecule has 16 heavy (non-hydrogen) atoms. The molecule has 0 aromatic carbocycles. The molecule has 0 amide bonds. The third-order valence-corrected chi connectivity index (χ3v) is 1.86. The lowest BCUT2D eigenvalue weighted by Crippen LogP contribution is -2.12. The standard InChI is InChI=1S/C8H4F5N3/c9-6(10)7-14-5-3-1-2-4(8(11,12)13)16(5)15-7/h1-3,6H. The van der Waals surface area contributed by atoms with Crippen LogP contribution in [-0.4, -0.2) is 14.6 Å². The number of alkyl halides is 5. The maximum atomic E-state index is 12.5. The molecule has 2 aromatic rings.